The van der Waals surface area contributed by atoms with Crippen molar-refractivity contribution in [1.82, 2.24) is 0 Å². The lowest BCUT2D eigenvalue weighted by Gasteiger charge is -2.43. The SMILES string of the molecule is Cc1ccc(N(C(=O)/C=C/c2ccc([N+](=O)[O-])cc2)[C@H]2C[C@@H](C)N(C(=O)/C=C/c3ccc([N+](=O)[O-])cc3)c3cc(C)ccc32)cc1. The highest BCUT2D eigenvalue weighted by atomic mass is 16.6. The van der Waals surface area contributed by atoms with E-state index >= 15 is 0 Å². The predicted octanol–water partition coefficient (Wildman–Crippen LogP) is 7.75. The second-order valence-corrected chi connectivity index (χ2v) is 11.3. The molecule has 0 unspecified atom stereocenters. The number of benzene rings is 4. The molecule has 10 heteroatoms. The van der Waals surface area contributed by atoms with Crippen molar-refractivity contribution in [2.75, 3.05) is 9.80 Å². The molecule has 1 aliphatic heterocycles. The van der Waals surface area contributed by atoms with Gasteiger partial charge in [-0.1, -0.05) is 29.8 Å². The topological polar surface area (TPSA) is 127 Å². The van der Waals surface area contributed by atoms with Crippen LogP contribution in [0, 0.1) is 34.1 Å². The number of anilines is 2. The van der Waals surface area contributed by atoms with Crippen LogP contribution in [0.2, 0.25) is 0 Å². The summed E-state index contributed by atoms with van der Waals surface area (Å²) < 4.78 is 0. The molecule has 0 aromatic heterocycles. The van der Waals surface area contributed by atoms with Crippen LogP contribution < -0.4 is 9.80 Å². The molecule has 0 aliphatic carbocycles. The zero-order valence-electron chi connectivity index (χ0n) is 25.6. The van der Waals surface area contributed by atoms with Crippen LogP contribution in [0.1, 0.15) is 47.2 Å². The minimum absolute atomic E-state index is 0.0289. The smallest absolute Gasteiger partial charge is 0.269 e. The number of amides is 2. The Balaban J connectivity index is 1.49. The van der Waals surface area contributed by atoms with E-state index in [1.165, 1.54) is 36.4 Å². The van der Waals surface area contributed by atoms with Crippen molar-refractivity contribution in [3.63, 3.8) is 0 Å². The van der Waals surface area contributed by atoms with Crippen LogP contribution >= 0.6 is 0 Å². The van der Waals surface area contributed by atoms with E-state index in [0.29, 0.717) is 28.9 Å². The normalized spacial score (nSPS) is 15.9. The molecule has 4 aromatic carbocycles. The predicted molar refractivity (Wildman–Crippen MR) is 178 cm³/mol. The first-order chi connectivity index (χ1) is 22.0. The van der Waals surface area contributed by atoms with Gasteiger partial charge in [0.25, 0.3) is 23.2 Å². The van der Waals surface area contributed by atoms with Gasteiger partial charge in [0, 0.05) is 53.8 Å². The maximum Gasteiger partial charge on any atom is 0.269 e. The number of nitro groups is 2. The molecule has 0 bridgehead atoms. The lowest BCUT2D eigenvalue weighted by molar-refractivity contribution is -0.385. The van der Waals surface area contributed by atoms with Crippen LogP contribution in [0.15, 0.2) is 103 Å². The molecule has 1 heterocycles. The molecular weight excluding hydrogens is 584 g/mol. The molecule has 4 aromatic rings. The van der Waals surface area contributed by atoms with Gasteiger partial charge in [-0.3, -0.25) is 29.8 Å². The Morgan fingerprint density at radius 2 is 1.28 bits per heavy atom. The maximum absolute atomic E-state index is 14.0. The molecule has 0 N–H and O–H groups in total. The van der Waals surface area contributed by atoms with Crippen LogP contribution in [0.4, 0.5) is 22.7 Å². The molecule has 232 valence electrons. The van der Waals surface area contributed by atoms with Crippen molar-refractivity contribution >= 4 is 46.7 Å². The second-order valence-electron chi connectivity index (χ2n) is 11.3. The number of nitrogens with zero attached hydrogens (tertiary/aromatic N) is 4. The van der Waals surface area contributed by atoms with Crippen molar-refractivity contribution in [2.24, 2.45) is 0 Å². The van der Waals surface area contributed by atoms with E-state index in [1.807, 2.05) is 63.2 Å². The number of carbonyl (C=O) groups is 2. The van der Waals surface area contributed by atoms with E-state index in [-0.39, 0.29) is 29.2 Å². The van der Waals surface area contributed by atoms with Gasteiger partial charge in [0.15, 0.2) is 0 Å². The Morgan fingerprint density at radius 1 is 0.761 bits per heavy atom. The van der Waals surface area contributed by atoms with E-state index in [0.717, 1.165) is 16.7 Å². The molecule has 0 fully saturated rings. The molecule has 0 saturated carbocycles. The van der Waals surface area contributed by atoms with Crippen LogP contribution in [-0.2, 0) is 9.59 Å². The van der Waals surface area contributed by atoms with E-state index in [4.69, 9.17) is 0 Å². The molecule has 1 aliphatic rings. The van der Waals surface area contributed by atoms with E-state index in [2.05, 4.69) is 0 Å². The van der Waals surface area contributed by atoms with Gasteiger partial charge in [0.1, 0.15) is 0 Å². The summed E-state index contributed by atoms with van der Waals surface area (Å²) in [5.41, 5.74) is 5.45. The first-order valence-electron chi connectivity index (χ1n) is 14.7. The summed E-state index contributed by atoms with van der Waals surface area (Å²) >= 11 is 0. The lowest BCUT2D eigenvalue weighted by Crippen LogP contribution is -2.47. The lowest BCUT2D eigenvalue weighted by atomic mass is 9.88. The van der Waals surface area contributed by atoms with Crippen LogP contribution in [0.5, 0.6) is 0 Å². The zero-order valence-corrected chi connectivity index (χ0v) is 25.6. The number of aryl methyl sites for hydroxylation is 2. The van der Waals surface area contributed by atoms with Crippen LogP contribution in [0.25, 0.3) is 12.2 Å². The molecule has 46 heavy (non-hydrogen) atoms. The fraction of sp³-hybridized carbons (Fsp3) is 0.167. The quantitative estimate of drug-likeness (QED) is 0.113. The van der Waals surface area contributed by atoms with Crippen molar-refractivity contribution in [2.45, 2.75) is 39.3 Å². The van der Waals surface area contributed by atoms with Crippen molar-refractivity contribution in [3.8, 4) is 0 Å². The molecule has 10 nitrogen and oxygen atoms in total. The first kappa shape index (κ1) is 31.5. The Morgan fingerprint density at radius 3 is 1.83 bits per heavy atom. The average molecular weight is 617 g/mol. The zero-order chi connectivity index (χ0) is 33.0. The third-order valence-electron chi connectivity index (χ3n) is 7.95. The second kappa shape index (κ2) is 13.4. The summed E-state index contributed by atoms with van der Waals surface area (Å²) in [6.07, 6.45) is 6.64. The first-order valence-corrected chi connectivity index (χ1v) is 14.7. The van der Waals surface area contributed by atoms with Gasteiger partial charge in [-0.15, -0.1) is 0 Å². The Bertz CT molecular complexity index is 1850. The van der Waals surface area contributed by atoms with Crippen molar-refractivity contribution in [3.05, 3.63) is 151 Å². The highest BCUT2D eigenvalue weighted by Gasteiger charge is 2.38. The molecular formula is C36H32N4O6. The maximum atomic E-state index is 14.0. The summed E-state index contributed by atoms with van der Waals surface area (Å²) in [5.74, 6) is -0.522. The third-order valence-corrected chi connectivity index (χ3v) is 7.95. The van der Waals surface area contributed by atoms with Crippen molar-refractivity contribution in [1.29, 1.82) is 0 Å². The van der Waals surface area contributed by atoms with Gasteiger partial charge in [-0.05, 0) is 104 Å². The average Bonchev–Trinajstić information content (AvgIpc) is 3.04. The molecule has 0 radical (unpaired) electrons. The van der Waals surface area contributed by atoms with Gasteiger partial charge < -0.3 is 9.80 Å². The number of hydrogen-bond acceptors (Lipinski definition) is 6. The van der Waals surface area contributed by atoms with E-state index < -0.39 is 15.9 Å². The largest absolute Gasteiger partial charge is 0.306 e. The van der Waals surface area contributed by atoms with Crippen molar-refractivity contribution < 1.29 is 19.4 Å². The Kier molecular flexibility index (Phi) is 9.18. The van der Waals surface area contributed by atoms with Gasteiger partial charge >= 0.3 is 0 Å². The third kappa shape index (κ3) is 6.91. The number of rotatable bonds is 8. The summed E-state index contributed by atoms with van der Waals surface area (Å²) in [4.78, 5) is 52.2. The highest BCUT2D eigenvalue weighted by Crippen LogP contribution is 2.43. The van der Waals surface area contributed by atoms with Gasteiger partial charge in [-0.25, -0.2) is 0 Å². The monoisotopic (exact) mass is 616 g/mol. The van der Waals surface area contributed by atoms with Gasteiger partial charge in [-0.2, -0.15) is 0 Å². The summed E-state index contributed by atoms with van der Waals surface area (Å²) in [5, 5.41) is 22.0. The van der Waals surface area contributed by atoms with Gasteiger partial charge in [0.2, 0.25) is 0 Å². The van der Waals surface area contributed by atoms with Crippen LogP contribution in [-0.4, -0.2) is 27.7 Å². The molecule has 2 amide bonds. The highest BCUT2D eigenvalue weighted by molar-refractivity contribution is 6.07. The summed E-state index contributed by atoms with van der Waals surface area (Å²) in [7, 11) is 0. The number of non-ortho nitro benzene ring substituents is 2. The molecule has 5 rings (SSSR count). The Labute approximate surface area is 266 Å². The fourth-order valence-electron chi connectivity index (χ4n) is 5.59. The standard InChI is InChI=1S/C36H32N4O6/c1-24-4-13-29(14-5-24)38(36(42)21-12-28-9-17-31(18-10-28)40(45)46)34-23-26(3)37(33-22-25(2)6-19-32(33)34)35(41)20-11-27-7-15-30(16-8-27)39(43)44/h4-22,26,34H,23H2,1-3H3/b20-11+,21-12+/t26-,34+/m1/s1. The Hall–Kier alpha value is -5.90. The number of carbonyl (C=O) groups excluding carboxylic acids is 2. The van der Waals surface area contributed by atoms with Crippen LogP contribution in [0.3, 0.4) is 0 Å². The van der Waals surface area contributed by atoms with Gasteiger partial charge in [0.05, 0.1) is 15.9 Å². The number of nitro benzene ring substituents is 2. The van der Waals surface area contributed by atoms with E-state index in [1.54, 1.807) is 46.2 Å². The minimum atomic E-state index is -0.472. The number of fused-ring (bicyclic) bond motifs is 1. The summed E-state index contributed by atoms with van der Waals surface area (Å²) in [6.45, 7) is 5.86. The molecule has 2 atom stereocenters. The molecule has 0 saturated heterocycles. The number of hydrogen-bond donors (Lipinski definition) is 0. The minimum Gasteiger partial charge on any atom is -0.306 e. The fourth-order valence-corrected chi connectivity index (χ4v) is 5.59. The molecule has 0 spiro atoms. The summed E-state index contributed by atoms with van der Waals surface area (Å²) in [6, 6.07) is 24.8. The van der Waals surface area contributed by atoms with E-state index in [9.17, 15) is 29.8 Å².